The predicted octanol–water partition coefficient (Wildman–Crippen LogP) is 4.14. The van der Waals surface area contributed by atoms with Crippen LogP contribution in [0.25, 0.3) is 0 Å². The summed E-state index contributed by atoms with van der Waals surface area (Å²) in [5.41, 5.74) is 1.57. The van der Waals surface area contributed by atoms with Gasteiger partial charge in [-0.05, 0) is 37.1 Å². The number of hydrogen-bond acceptors (Lipinski definition) is 3. The fourth-order valence-corrected chi connectivity index (χ4v) is 2.52. The number of anilines is 2. The first-order chi connectivity index (χ1) is 10.8. The molecule has 1 saturated heterocycles. The first-order valence-corrected chi connectivity index (χ1v) is 7.53. The lowest BCUT2D eigenvalue weighted by molar-refractivity contribution is 0.0469. The molecule has 0 aromatic heterocycles. The van der Waals surface area contributed by atoms with Crippen molar-refractivity contribution < 1.29 is 14.3 Å². The summed E-state index contributed by atoms with van der Waals surface area (Å²) in [7, 11) is 0. The number of para-hydroxylation sites is 2. The van der Waals surface area contributed by atoms with Gasteiger partial charge in [-0.3, -0.25) is 0 Å². The highest BCUT2D eigenvalue weighted by Crippen LogP contribution is 2.26. The lowest BCUT2D eigenvalue weighted by Gasteiger charge is -2.23. The molecule has 1 fully saturated rings. The third kappa shape index (κ3) is 3.46. The molecule has 1 aliphatic heterocycles. The smallest absolute Gasteiger partial charge is 0.419 e. The van der Waals surface area contributed by atoms with Crippen LogP contribution in [0.2, 0.25) is 0 Å². The normalized spacial score (nSPS) is 17.2. The zero-order valence-corrected chi connectivity index (χ0v) is 12.4. The Bertz CT molecular complexity index is 555. The molecular formula is C18H19NO3. The summed E-state index contributed by atoms with van der Waals surface area (Å²) < 4.78 is 11.0. The number of hydrogen-bond donors (Lipinski definition) is 0. The summed E-state index contributed by atoms with van der Waals surface area (Å²) in [4.78, 5) is 14.1. The molecule has 0 N–H and O–H groups in total. The van der Waals surface area contributed by atoms with Gasteiger partial charge in [0.1, 0.15) is 6.61 Å². The van der Waals surface area contributed by atoms with Gasteiger partial charge in [0, 0.05) is 6.61 Å². The maximum atomic E-state index is 12.5. The quantitative estimate of drug-likeness (QED) is 0.851. The van der Waals surface area contributed by atoms with Gasteiger partial charge in [-0.2, -0.15) is 0 Å². The molecular weight excluding hydrogens is 278 g/mol. The van der Waals surface area contributed by atoms with Crippen molar-refractivity contribution in [1.29, 1.82) is 0 Å². The standard InChI is InChI=1S/C18H19NO3/c20-18(22-14-17-12-7-13-21-17)19(15-8-3-1-4-9-15)16-10-5-2-6-11-16/h1-6,8-11,17H,7,12-14H2. The van der Waals surface area contributed by atoms with Crippen molar-refractivity contribution >= 4 is 17.5 Å². The maximum Gasteiger partial charge on any atom is 0.419 e. The Balaban J connectivity index is 1.77. The third-order valence-electron chi connectivity index (χ3n) is 3.63. The van der Waals surface area contributed by atoms with Crippen LogP contribution in [-0.2, 0) is 9.47 Å². The molecule has 1 heterocycles. The molecule has 1 unspecified atom stereocenters. The first kappa shape index (κ1) is 14.6. The molecule has 0 radical (unpaired) electrons. The minimum atomic E-state index is -0.382. The van der Waals surface area contributed by atoms with Crippen LogP contribution in [0.15, 0.2) is 60.7 Å². The second-order valence-electron chi connectivity index (χ2n) is 5.22. The van der Waals surface area contributed by atoms with Crippen molar-refractivity contribution in [2.45, 2.75) is 18.9 Å². The molecule has 0 saturated carbocycles. The molecule has 0 spiro atoms. The molecule has 0 bridgehead atoms. The third-order valence-corrected chi connectivity index (χ3v) is 3.63. The van der Waals surface area contributed by atoms with E-state index in [0.29, 0.717) is 6.61 Å². The van der Waals surface area contributed by atoms with Gasteiger partial charge in [0.05, 0.1) is 17.5 Å². The highest BCUT2D eigenvalue weighted by atomic mass is 16.6. The van der Waals surface area contributed by atoms with E-state index >= 15 is 0 Å². The molecule has 114 valence electrons. The van der Waals surface area contributed by atoms with Crippen LogP contribution in [0.1, 0.15) is 12.8 Å². The average molecular weight is 297 g/mol. The van der Waals surface area contributed by atoms with E-state index in [4.69, 9.17) is 9.47 Å². The van der Waals surface area contributed by atoms with E-state index in [1.54, 1.807) is 4.90 Å². The van der Waals surface area contributed by atoms with Crippen LogP contribution in [0.4, 0.5) is 16.2 Å². The molecule has 0 aliphatic carbocycles. The zero-order chi connectivity index (χ0) is 15.2. The van der Waals surface area contributed by atoms with Crippen molar-refractivity contribution in [1.82, 2.24) is 0 Å². The fraction of sp³-hybridized carbons (Fsp3) is 0.278. The van der Waals surface area contributed by atoms with Crippen molar-refractivity contribution in [2.24, 2.45) is 0 Å². The number of amides is 1. The topological polar surface area (TPSA) is 38.8 Å². The highest BCUT2D eigenvalue weighted by Gasteiger charge is 2.22. The van der Waals surface area contributed by atoms with Gasteiger partial charge in [-0.15, -0.1) is 0 Å². The Labute approximate surface area is 130 Å². The second kappa shape index (κ2) is 7.09. The summed E-state index contributed by atoms with van der Waals surface area (Å²) in [6, 6.07) is 19.0. The minimum Gasteiger partial charge on any atom is -0.446 e. The lowest BCUT2D eigenvalue weighted by atomic mass is 10.2. The molecule has 2 aromatic rings. The van der Waals surface area contributed by atoms with E-state index in [1.165, 1.54) is 0 Å². The Hall–Kier alpha value is -2.33. The number of benzene rings is 2. The van der Waals surface area contributed by atoms with Crippen molar-refractivity contribution in [3.63, 3.8) is 0 Å². The number of carbonyl (C=O) groups is 1. The van der Waals surface area contributed by atoms with Gasteiger partial charge in [0.2, 0.25) is 0 Å². The van der Waals surface area contributed by atoms with E-state index in [0.717, 1.165) is 30.8 Å². The number of rotatable bonds is 4. The molecule has 4 nitrogen and oxygen atoms in total. The van der Waals surface area contributed by atoms with E-state index in [-0.39, 0.29) is 12.2 Å². The number of nitrogens with zero attached hydrogens (tertiary/aromatic N) is 1. The van der Waals surface area contributed by atoms with Crippen molar-refractivity contribution in [3.05, 3.63) is 60.7 Å². The van der Waals surface area contributed by atoms with E-state index in [9.17, 15) is 4.79 Å². The molecule has 2 aromatic carbocycles. The highest BCUT2D eigenvalue weighted by molar-refractivity contribution is 5.95. The Kier molecular flexibility index (Phi) is 4.71. The summed E-state index contributed by atoms with van der Waals surface area (Å²) in [6.07, 6.45) is 1.62. The Morgan fingerprint density at radius 3 is 2.14 bits per heavy atom. The van der Waals surface area contributed by atoms with Gasteiger partial charge in [-0.25, -0.2) is 9.69 Å². The van der Waals surface area contributed by atoms with Gasteiger partial charge >= 0.3 is 6.09 Å². The van der Waals surface area contributed by atoms with E-state index in [1.807, 2.05) is 60.7 Å². The number of carbonyl (C=O) groups excluding carboxylic acids is 1. The van der Waals surface area contributed by atoms with Crippen LogP contribution < -0.4 is 4.90 Å². The summed E-state index contributed by atoms with van der Waals surface area (Å²) >= 11 is 0. The van der Waals surface area contributed by atoms with Gasteiger partial charge in [-0.1, -0.05) is 36.4 Å². The average Bonchev–Trinajstić information content (AvgIpc) is 3.09. The van der Waals surface area contributed by atoms with E-state index < -0.39 is 0 Å². The number of ether oxygens (including phenoxy) is 2. The van der Waals surface area contributed by atoms with Crippen molar-refractivity contribution in [2.75, 3.05) is 18.1 Å². The lowest BCUT2D eigenvalue weighted by Crippen LogP contribution is -2.29. The van der Waals surface area contributed by atoms with Gasteiger partial charge in [0.15, 0.2) is 0 Å². The molecule has 1 atom stereocenters. The van der Waals surface area contributed by atoms with Crippen LogP contribution in [0.5, 0.6) is 0 Å². The maximum absolute atomic E-state index is 12.5. The summed E-state index contributed by atoms with van der Waals surface area (Å²) in [5.74, 6) is 0. The largest absolute Gasteiger partial charge is 0.446 e. The second-order valence-corrected chi connectivity index (χ2v) is 5.22. The van der Waals surface area contributed by atoms with Crippen LogP contribution >= 0.6 is 0 Å². The molecule has 4 heteroatoms. The van der Waals surface area contributed by atoms with Crippen LogP contribution in [0, 0.1) is 0 Å². The van der Waals surface area contributed by atoms with Crippen LogP contribution in [-0.4, -0.2) is 25.4 Å². The molecule has 1 amide bonds. The minimum absolute atomic E-state index is 0.0253. The molecule has 3 rings (SSSR count). The Morgan fingerprint density at radius 1 is 1.05 bits per heavy atom. The van der Waals surface area contributed by atoms with Crippen LogP contribution in [0.3, 0.4) is 0 Å². The zero-order valence-electron chi connectivity index (χ0n) is 12.4. The Morgan fingerprint density at radius 2 is 1.64 bits per heavy atom. The predicted molar refractivity (Wildman–Crippen MR) is 85.3 cm³/mol. The molecule has 22 heavy (non-hydrogen) atoms. The monoisotopic (exact) mass is 297 g/mol. The van der Waals surface area contributed by atoms with Gasteiger partial charge < -0.3 is 9.47 Å². The fourth-order valence-electron chi connectivity index (χ4n) is 2.52. The van der Waals surface area contributed by atoms with Crippen molar-refractivity contribution in [3.8, 4) is 0 Å². The summed E-state index contributed by atoms with van der Waals surface area (Å²) in [5, 5.41) is 0. The van der Waals surface area contributed by atoms with Gasteiger partial charge in [0.25, 0.3) is 0 Å². The molecule has 1 aliphatic rings. The SMILES string of the molecule is O=C(OCC1CCCO1)N(c1ccccc1)c1ccccc1. The summed E-state index contributed by atoms with van der Waals surface area (Å²) in [6.45, 7) is 1.05. The van der Waals surface area contributed by atoms with E-state index in [2.05, 4.69) is 0 Å². The first-order valence-electron chi connectivity index (χ1n) is 7.53.